The Morgan fingerprint density at radius 1 is 1.20 bits per heavy atom. The Bertz CT molecular complexity index is 818. The average Bonchev–Trinajstić information content (AvgIpc) is 2.65. The van der Waals surface area contributed by atoms with Crippen LogP contribution < -0.4 is 15.0 Å². The van der Waals surface area contributed by atoms with Crippen LogP contribution in [0.4, 0.5) is 5.69 Å². The predicted molar refractivity (Wildman–Crippen MR) is 100 cm³/mol. The standard InChI is InChI=1S/C19H17BrN2O3/c1-21-19(24)17-12-22(15-4-2-3-5-16(15)25-17)18(23)11-8-13-6-9-14(20)10-7-13/h2-11,17H,12H2,1H3,(H,21,24)/b11-8+/t17-/m0/s1. The molecule has 0 saturated carbocycles. The molecular weight excluding hydrogens is 384 g/mol. The molecule has 0 radical (unpaired) electrons. The highest BCUT2D eigenvalue weighted by Crippen LogP contribution is 2.33. The van der Waals surface area contributed by atoms with Gasteiger partial charge in [0.15, 0.2) is 6.10 Å². The summed E-state index contributed by atoms with van der Waals surface area (Å²) < 4.78 is 6.68. The van der Waals surface area contributed by atoms with E-state index < -0.39 is 6.10 Å². The molecule has 3 rings (SSSR count). The van der Waals surface area contributed by atoms with Crippen LogP contribution in [0.3, 0.4) is 0 Å². The van der Waals surface area contributed by atoms with Crippen molar-refractivity contribution in [3.63, 3.8) is 0 Å². The van der Waals surface area contributed by atoms with Gasteiger partial charge in [0.25, 0.3) is 11.8 Å². The molecule has 6 heteroatoms. The second-order valence-corrected chi connectivity index (χ2v) is 6.44. The zero-order valence-electron chi connectivity index (χ0n) is 13.6. The minimum atomic E-state index is -0.732. The Labute approximate surface area is 154 Å². The molecule has 0 saturated heterocycles. The van der Waals surface area contributed by atoms with E-state index in [2.05, 4.69) is 21.2 Å². The van der Waals surface area contributed by atoms with Gasteiger partial charge >= 0.3 is 0 Å². The number of hydrogen-bond donors (Lipinski definition) is 1. The molecule has 0 spiro atoms. The largest absolute Gasteiger partial charge is 0.477 e. The lowest BCUT2D eigenvalue weighted by Gasteiger charge is -2.33. The fourth-order valence-corrected chi connectivity index (χ4v) is 2.84. The SMILES string of the molecule is CNC(=O)[C@@H]1CN(C(=O)/C=C/c2ccc(Br)cc2)c2ccccc2O1. The maximum Gasteiger partial charge on any atom is 0.262 e. The van der Waals surface area contributed by atoms with Crippen molar-refractivity contribution in [1.82, 2.24) is 5.32 Å². The summed E-state index contributed by atoms with van der Waals surface area (Å²) in [5, 5.41) is 2.56. The fraction of sp³-hybridized carbons (Fsp3) is 0.158. The molecule has 0 aromatic heterocycles. The Hall–Kier alpha value is -2.60. The van der Waals surface area contributed by atoms with Crippen molar-refractivity contribution < 1.29 is 14.3 Å². The molecule has 2 aromatic carbocycles. The van der Waals surface area contributed by atoms with Gasteiger partial charge in [-0.3, -0.25) is 9.59 Å². The lowest BCUT2D eigenvalue weighted by Crippen LogP contribution is -2.49. The minimum Gasteiger partial charge on any atom is -0.477 e. The number of hydrogen-bond acceptors (Lipinski definition) is 3. The molecule has 0 fully saturated rings. The van der Waals surface area contributed by atoms with E-state index in [0.717, 1.165) is 10.0 Å². The highest BCUT2D eigenvalue weighted by atomic mass is 79.9. The molecule has 5 nitrogen and oxygen atoms in total. The topological polar surface area (TPSA) is 58.6 Å². The van der Waals surface area contributed by atoms with Crippen molar-refractivity contribution >= 4 is 39.5 Å². The first-order valence-corrected chi connectivity index (χ1v) is 8.60. The quantitative estimate of drug-likeness (QED) is 0.805. The van der Waals surface area contributed by atoms with Crippen LogP contribution in [0.25, 0.3) is 6.08 Å². The second kappa shape index (κ2) is 7.53. The summed E-state index contributed by atoms with van der Waals surface area (Å²) in [4.78, 5) is 26.2. The van der Waals surface area contributed by atoms with Crippen LogP contribution >= 0.6 is 15.9 Å². The first kappa shape index (κ1) is 17.2. The van der Waals surface area contributed by atoms with Gasteiger partial charge in [-0.2, -0.15) is 0 Å². The van der Waals surface area contributed by atoms with Gasteiger partial charge in [-0.25, -0.2) is 0 Å². The van der Waals surface area contributed by atoms with E-state index in [1.165, 1.54) is 6.08 Å². The van der Waals surface area contributed by atoms with Gasteiger partial charge in [0, 0.05) is 17.6 Å². The smallest absolute Gasteiger partial charge is 0.262 e. The number of halogens is 1. The highest BCUT2D eigenvalue weighted by molar-refractivity contribution is 9.10. The maximum atomic E-state index is 12.7. The van der Waals surface area contributed by atoms with Crippen LogP contribution in [0, 0.1) is 0 Å². The number of fused-ring (bicyclic) bond motifs is 1. The molecule has 0 aliphatic carbocycles. The lowest BCUT2D eigenvalue weighted by molar-refractivity contribution is -0.127. The van der Waals surface area contributed by atoms with Gasteiger partial charge < -0.3 is 15.0 Å². The van der Waals surface area contributed by atoms with Crippen molar-refractivity contribution in [2.45, 2.75) is 6.10 Å². The van der Waals surface area contributed by atoms with E-state index in [0.29, 0.717) is 11.4 Å². The van der Waals surface area contributed by atoms with Crippen LogP contribution in [0.2, 0.25) is 0 Å². The summed E-state index contributed by atoms with van der Waals surface area (Å²) in [7, 11) is 1.55. The molecule has 1 heterocycles. The lowest BCUT2D eigenvalue weighted by atomic mass is 10.1. The number of benzene rings is 2. The summed E-state index contributed by atoms with van der Waals surface area (Å²) in [6, 6.07) is 14.9. The third kappa shape index (κ3) is 3.91. The van der Waals surface area contributed by atoms with Gasteiger partial charge in [0.1, 0.15) is 5.75 Å². The van der Waals surface area contributed by atoms with Gasteiger partial charge in [0.05, 0.1) is 12.2 Å². The number of carbonyl (C=O) groups excluding carboxylic acids is 2. The molecule has 1 N–H and O–H groups in total. The Morgan fingerprint density at radius 3 is 2.64 bits per heavy atom. The van der Waals surface area contributed by atoms with E-state index in [4.69, 9.17) is 4.74 Å². The molecule has 25 heavy (non-hydrogen) atoms. The van der Waals surface area contributed by atoms with Crippen molar-refractivity contribution in [1.29, 1.82) is 0 Å². The molecule has 2 aromatic rings. The molecule has 1 aliphatic rings. The molecular formula is C19H17BrN2O3. The van der Waals surface area contributed by atoms with Gasteiger partial charge in [-0.1, -0.05) is 40.2 Å². The molecule has 128 valence electrons. The number of amides is 2. The minimum absolute atomic E-state index is 0.167. The van der Waals surface area contributed by atoms with Crippen LogP contribution in [0.5, 0.6) is 5.75 Å². The number of rotatable bonds is 3. The van der Waals surface area contributed by atoms with Crippen LogP contribution in [-0.4, -0.2) is 31.5 Å². The summed E-state index contributed by atoms with van der Waals surface area (Å²) in [6.45, 7) is 0.167. The van der Waals surface area contributed by atoms with Crippen molar-refractivity contribution in [2.75, 3.05) is 18.5 Å². The normalized spacial score (nSPS) is 16.2. The third-order valence-electron chi connectivity index (χ3n) is 3.87. The monoisotopic (exact) mass is 400 g/mol. The summed E-state index contributed by atoms with van der Waals surface area (Å²) in [5.74, 6) is 0.0597. The third-order valence-corrected chi connectivity index (χ3v) is 4.40. The second-order valence-electron chi connectivity index (χ2n) is 5.52. The summed E-state index contributed by atoms with van der Waals surface area (Å²) >= 11 is 3.38. The van der Waals surface area contributed by atoms with Gasteiger partial charge in [0.2, 0.25) is 0 Å². The zero-order valence-corrected chi connectivity index (χ0v) is 15.2. The van der Waals surface area contributed by atoms with Crippen LogP contribution in [-0.2, 0) is 9.59 Å². The predicted octanol–water partition coefficient (Wildman–Crippen LogP) is 3.00. The van der Waals surface area contributed by atoms with E-state index in [1.807, 2.05) is 36.4 Å². The van der Waals surface area contributed by atoms with Crippen molar-refractivity contribution in [3.8, 4) is 5.75 Å². The Morgan fingerprint density at radius 2 is 1.92 bits per heavy atom. The van der Waals surface area contributed by atoms with Crippen molar-refractivity contribution in [2.24, 2.45) is 0 Å². The summed E-state index contributed by atoms with van der Waals surface area (Å²) in [5.41, 5.74) is 1.58. The van der Waals surface area contributed by atoms with Crippen molar-refractivity contribution in [3.05, 3.63) is 64.6 Å². The number of anilines is 1. The maximum absolute atomic E-state index is 12.7. The fourth-order valence-electron chi connectivity index (χ4n) is 2.57. The molecule has 0 bridgehead atoms. The number of nitrogens with zero attached hydrogens (tertiary/aromatic N) is 1. The van der Waals surface area contributed by atoms with E-state index in [1.54, 1.807) is 30.2 Å². The van der Waals surface area contributed by atoms with Gasteiger partial charge in [-0.15, -0.1) is 0 Å². The zero-order chi connectivity index (χ0) is 17.8. The first-order chi connectivity index (χ1) is 12.1. The summed E-state index contributed by atoms with van der Waals surface area (Å²) in [6.07, 6.45) is 2.53. The number of nitrogens with one attached hydrogen (secondary N) is 1. The molecule has 1 aliphatic heterocycles. The van der Waals surface area contributed by atoms with Crippen LogP contribution in [0.15, 0.2) is 59.1 Å². The Balaban J connectivity index is 1.84. The first-order valence-electron chi connectivity index (χ1n) is 7.81. The van der Waals surface area contributed by atoms with Crippen LogP contribution in [0.1, 0.15) is 5.56 Å². The molecule has 1 atom stereocenters. The number of carbonyl (C=O) groups is 2. The van der Waals surface area contributed by atoms with E-state index in [9.17, 15) is 9.59 Å². The number of ether oxygens (including phenoxy) is 1. The molecule has 2 amide bonds. The van der Waals surface area contributed by atoms with E-state index in [-0.39, 0.29) is 18.4 Å². The Kier molecular flexibility index (Phi) is 5.19. The van der Waals surface area contributed by atoms with Gasteiger partial charge in [-0.05, 0) is 35.9 Å². The highest BCUT2D eigenvalue weighted by Gasteiger charge is 2.32. The number of likely N-dealkylation sites (N-methyl/N-ethyl adjacent to an activating group) is 1. The molecule has 0 unspecified atom stereocenters. The van der Waals surface area contributed by atoms with E-state index >= 15 is 0 Å². The average molecular weight is 401 g/mol. The number of para-hydroxylation sites is 2.